The van der Waals surface area contributed by atoms with E-state index in [0.717, 1.165) is 10.7 Å². The van der Waals surface area contributed by atoms with Gasteiger partial charge in [-0.1, -0.05) is 0 Å². The summed E-state index contributed by atoms with van der Waals surface area (Å²) in [6.07, 6.45) is -4.51. The molecule has 3 rings (SSSR count). The molecular formula is C20H16B2F3I3O6. The Labute approximate surface area is 235 Å². The van der Waals surface area contributed by atoms with Gasteiger partial charge >= 0.3 is 20.8 Å². The Morgan fingerprint density at radius 1 is 0.618 bits per heavy atom. The van der Waals surface area contributed by atoms with Gasteiger partial charge in [0.15, 0.2) is 0 Å². The molecule has 0 unspecified atom stereocenters. The van der Waals surface area contributed by atoms with E-state index in [1.54, 1.807) is 0 Å². The van der Waals surface area contributed by atoms with Crippen LogP contribution in [-0.2, 0) is 4.65 Å². The molecule has 14 heteroatoms. The van der Waals surface area contributed by atoms with Gasteiger partial charge in [-0.15, -0.1) is 0 Å². The number of rotatable bonds is 8. The molecule has 0 aliphatic heterocycles. The van der Waals surface area contributed by atoms with Crippen LogP contribution >= 0.6 is 67.8 Å². The Morgan fingerprint density at radius 3 is 1.12 bits per heavy atom. The lowest BCUT2D eigenvalue weighted by Gasteiger charge is -2.16. The third kappa shape index (κ3) is 12.7. The van der Waals surface area contributed by atoms with Crippen molar-refractivity contribution in [2.24, 2.45) is 0 Å². The second kappa shape index (κ2) is 14.6. The summed E-state index contributed by atoms with van der Waals surface area (Å²) in [5.74, 6) is 2.05. The van der Waals surface area contributed by atoms with E-state index in [1.165, 1.54) is 0 Å². The van der Waals surface area contributed by atoms with Gasteiger partial charge in [0.25, 0.3) is 0 Å². The van der Waals surface area contributed by atoms with Gasteiger partial charge in [-0.25, -0.2) is 0 Å². The average molecular weight is 812 g/mol. The van der Waals surface area contributed by atoms with Crippen LogP contribution in [0.1, 0.15) is 0 Å². The maximum absolute atomic E-state index is 11.1. The Hall–Kier alpha value is -0.950. The molecule has 0 saturated carbocycles. The zero-order valence-electron chi connectivity index (χ0n) is 17.1. The summed E-state index contributed by atoms with van der Waals surface area (Å²) in [6.45, 7) is -1.65. The van der Waals surface area contributed by atoms with Crippen molar-refractivity contribution < 1.29 is 41.8 Å². The molecule has 3 aromatic rings. The number of hydrogen-bond donors (Lipinski definition) is 2. The molecule has 0 heterocycles. The van der Waals surface area contributed by atoms with Crippen LogP contribution in [0.4, 0.5) is 13.2 Å². The molecule has 0 fully saturated rings. The largest absolute Gasteiger partial charge is 0.864 e. The summed E-state index contributed by atoms with van der Waals surface area (Å²) in [7, 11) is -3.24. The first-order chi connectivity index (χ1) is 16.0. The second-order valence-corrected chi connectivity index (χ2v) is 9.99. The summed E-state index contributed by atoms with van der Waals surface area (Å²) in [5, 5.41) is 15.5. The molecule has 0 atom stereocenters. The van der Waals surface area contributed by atoms with Gasteiger partial charge in [-0.2, -0.15) is 13.2 Å². The van der Waals surface area contributed by atoms with Gasteiger partial charge in [0.05, 0.1) is 0 Å². The van der Waals surface area contributed by atoms with Crippen molar-refractivity contribution in [1.82, 2.24) is 0 Å². The highest BCUT2D eigenvalue weighted by Crippen LogP contribution is 2.21. The first kappa shape index (κ1) is 29.3. The lowest BCUT2D eigenvalue weighted by atomic mass is 10.2. The van der Waals surface area contributed by atoms with Gasteiger partial charge < -0.3 is 28.7 Å². The van der Waals surface area contributed by atoms with Crippen molar-refractivity contribution in [3.63, 3.8) is 0 Å². The molecule has 6 nitrogen and oxygen atoms in total. The second-order valence-electron chi connectivity index (χ2n) is 6.26. The van der Waals surface area contributed by atoms with Gasteiger partial charge in [0, 0.05) is 10.7 Å². The Balaban J connectivity index is 0.000000387. The quantitative estimate of drug-likeness (QED) is 0.230. The zero-order chi connectivity index (χ0) is 25.1. The van der Waals surface area contributed by atoms with E-state index in [0.29, 0.717) is 17.2 Å². The fourth-order valence-corrected chi connectivity index (χ4v) is 3.19. The van der Waals surface area contributed by atoms with Crippen LogP contribution in [0.2, 0.25) is 0 Å². The first-order valence-corrected chi connectivity index (χ1v) is 12.5. The fraction of sp³-hybridized carbons (Fsp3) is 0.100. The fourth-order valence-electron chi connectivity index (χ4n) is 2.11. The molecule has 3 aromatic carbocycles. The molecule has 0 bridgehead atoms. The predicted octanol–water partition coefficient (Wildman–Crippen LogP) is 5.56. The lowest BCUT2D eigenvalue weighted by molar-refractivity contribution is -0.159. The minimum Gasteiger partial charge on any atom is -0.490 e. The van der Waals surface area contributed by atoms with Crippen molar-refractivity contribution in [1.29, 1.82) is 0 Å². The first-order valence-electron chi connectivity index (χ1n) is 9.31. The van der Waals surface area contributed by atoms with E-state index in [9.17, 15) is 13.2 Å². The molecule has 0 saturated heterocycles. The summed E-state index contributed by atoms with van der Waals surface area (Å²) in [5.41, 5.74) is 0. The van der Waals surface area contributed by atoms with E-state index < -0.39 is 27.4 Å². The van der Waals surface area contributed by atoms with Crippen molar-refractivity contribution >= 4 is 82.4 Å². The van der Waals surface area contributed by atoms with Crippen molar-refractivity contribution in [2.45, 2.75) is 6.18 Å². The van der Waals surface area contributed by atoms with Gasteiger partial charge in [-0.3, -0.25) is 0 Å². The smallest absolute Gasteiger partial charge is 0.490 e. The molecule has 0 aliphatic rings. The van der Waals surface area contributed by atoms with E-state index in [2.05, 4.69) is 72.4 Å². The minimum atomic E-state index is -4.51. The molecule has 2 N–H and O–H groups in total. The molecule has 0 radical (unpaired) electrons. The van der Waals surface area contributed by atoms with Crippen LogP contribution < -0.4 is 14.0 Å². The summed E-state index contributed by atoms with van der Waals surface area (Å²) < 4.78 is 57.7. The van der Waals surface area contributed by atoms with E-state index >= 15 is 0 Å². The number of benzene rings is 3. The van der Waals surface area contributed by atoms with Gasteiger partial charge in [0.2, 0.25) is 0 Å². The molecule has 0 amide bonds. The van der Waals surface area contributed by atoms with E-state index in [-0.39, 0.29) is 0 Å². The highest BCUT2D eigenvalue weighted by molar-refractivity contribution is 14.1. The normalized spacial score (nSPS) is 10.6. The van der Waals surface area contributed by atoms with E-state index in [1.807, 2.05) is 72.8 Å². The summed E-state index contributed by atoms with van der Waals surface area (Å²) >= 11 is 6.76. The number of hydrogen-bond acceptors (Lipinski definition) is 6. The Morgan fingerprint density at radius 2 is 0.912 bits per heavy atom. The van der Waals surface area contributed by atoms with Gasteiger partial charge in [-0.05, 0) is 141 Å². The molecule has 0 spiro atoms. The summed E-state index contributed by atoms with van der Waals surface area (Å²) in [6, 6.07) is 23.2. The van der Waals surface area contributed by atoms with Crippen molar-refractivity contribution in [2.75, 3.05) is 6.61 Å². The average Bonchev–Trinajstić information content (AvgIpc) is 2.77. The Kier molecular flexibility index (Phi) is 12.5. The SMILES string of the molecule is Ic1ccc(OB(Oc2ccc(I)cc2)Oc2ccc(I)cc2)cc1.OB(O)OCC(F)(F)F. The third-order valence-corrected chi connectivity index (χ3v) is 5.69. The molecule has 0 aromatic heterocycles. The molecule has 0 aliphatic carbocycles. The molecular weight excluding hydrogens is 796 g/mol. The van der Waals surface area contributed by atoms with Crippen molar-refractivity contribution in [3.05, 3.63) is 83.5 Å². The van der Waals surface area contributed by atoms with Crippen LogP contribution in [0.5, 0.6) is 17.2 Å². The minimum absolute atomic E-state index is 0.682. The topological polar surface area (TPSA) is 77.4 Å². The number of halogens is 6. The van der Waals surface area contributed by atoms with Crippen LogP contribution in [0.3, 0.4) is 0 Å². The lowest BCUT2D eigenvalue weighted by Crippen LogP contribution is -2.36. The Bertz CT molecular complexity index is 882. The maximum Gasteiger partial charge on any atom is 0.864 e. The third-order valence-electron chi connectivity index (χ3n) is 3.53. The summed E-state index contributed by atoms with van der Waals surface area (Å²) in [4.78, 5) is 0. The van der Waals surface area contributed by atoms with Crippen LogP contribution in [-0.4, -0.2) is 37.5 Å². The highest BCUT2D eigenvalue weighted by atomic mass is 127. The van der Waals surface area contributed by atoms with Gasteiger partial charge in [0.1, 0.15) is 23.9 Å². The van der Waals surface area contributed by atoms with Crippen LogP contribution in [0.25, 0.3) is 0 Å². The maximum atomic E-state index is 11.1. The van der Waals surface area contributed by atoms with Crippen LogP contribution in [0.15, 0.2) is 72.8 Å². The van der Waals surface area contributed by atoms with Crippen molar-refractivity contribution in [3.8, 4) is 17.2 Å². The monoisotopic (exact) mass is 812 g/mol. The molecule has 180 valence electrons. The highest BCUT2D eigenvalue weighted by Gasteiger charge is 2.30. The standard InChI is InChI=1S/C18H12BI3O3.C2H4BF3O3/c20-13-1-7-16(8-2-13)23-19(24-17-9-3-14(21)4-10-17)25-18-11-5-15(22)6-12-18;4-2(5,6)1-9-3(7)8/h1-12H;7-8H,1H2. The zero-order valence-corrected chi connectivity index (χ0v) is 23.6. The predicted molar refractivity (Wildman–Crippen MR) is 147 cm³/mol. The number of alkyl halides is 3. The van der Waals surface area contributed by atoms with Crippen LogP contribution in [0, 0.1) is 10.7 Å². The van der Waals surface area contributed by atoms with E-state index in [4.69, 9.17) is 24.0 Å². The molecule has 34 heavy (non-hydrogen) atoms.